The second-order valence-corrected chi connectivity index (χ2v) is 14.9. The molecule has 0 saturated carbocycles. The number of carbonyl (C=O) groups is 2. The minimum absolute atomic E-state index is 0.0115. The van der Waals surface area contributed by atoms with Crippen LogP contribution >= 0.6 is 0 Å². The fourth-order valence-corrected chi connectivity index (χ4v) is 6.41. The largest absolute Gasteiger partial charge is 0.507 e. The zero-order valence-electron chi connectivity index (χ0n) is 35.9. The molecule has 0 radical (unpaired) electrons. The van der Waals surface area contributed by atoms with E-state index in [4.69, 9.17) is 18.9 Å². The zero-order chi connectivity index (χ0) is 44.8. The number of para-hydroxylation sites is 1. The number of hydrogen-bond donors (Lipinski definition) is 2. The van der Waals surface area contributed by atoms with Crippen LogP contribution in [0.15, 0.2) is 113 Å². The molecule has 0 aliphatic carbocycles. The third-order valence-electron chi connectivity index (χ3n) is 10.00. The van der Waals surface area contributed by atoms with E-state index < -0.39 is 34.0 Å². The van der Waals surface area contributed by atoms with Gasteiger partial charge in [0, 0.05) is 35.7 Å². The average molecular weight is 858 g/mol. The monoisotopic (exact) mass is 857 g/mol. The summed E-state index contributed by atoms with van der Waals surface area (Å²) in [4.78, 5) is 46.3. The predicted molar refractivity (Wildman–Crippen MR) is 244 cm³/mol. The zero-order valence-corrected chi connectivity index (χ0v) is 35.9. The number of rotatable bonds is 25. The molecule has 0 saturated heterocycles. The fraction of sp³-hybridized carbons (Fsp3) is 0.320. The summed E-state index contributed by atoms with van der Waals surface area (Å²) in [5.74, 6) is -1.44. The van der Waals surface area contributed by atoms with Gasteiger partial charge in [0.15, 0.2) is 0 Å². The molecule has 0 amide bonds. The first-order valence-electron chi connectivity index (χ1n) is 21.6. The Hall–Kier alpha value is -7.02. The Kier molecular flexibility index (Phi) is 18.7. The van der Waals surface area contributed by atoms with Crippen LogP contribution in [0.4, 0.5) is 17.1 Å². The molecule has 5 rings (SSSR count). The van der Waals surface area contributed by atoms with Gasteiger partial charge in [-0.05, 0) is 97.8 Å². The number of aromatic hydroxyl groups is 2. The van der Waals surface area contributed by atoms with Gasteiger partial charge in [0.25, 0.3) is 0 Å². The maximum absolute atomic E-state index is 13.1. The summed E-state index contributed by atoms with van der Waals surface area (Å²) in [6, 6.07) is 25.9. The predicted octanol–water partition coefficient (Wildman–Crippen LogP) is 12.4. The van der Waals surface area contributed by atoms with Crippen LogP contribution in [-0.4, -0.2) is 52.7 Å². The third-order valence-corrected chi connectivity index (χ3v) is 10.00. The molecule has 2 N–H and O–H groups in total. The third kappa shape index (κ3) is 15.1. The van der Waals surface area contributed by atoms with Gasteiger partial charge in [0.1, 0.15) is 23.0 Å². The van der Waals surface area contributed by atoms with Crippen LogP contribution in [-0.2, 0) is 0 Å². The van der Waals surface area contributed by atoms with E-state index in [-0.39, 0.29) is 22.6 Å². The van der Waals surface area contributed by atoms with Crippen molar-refractivity contribution in [1.29, 1.82) is 0 Å². The van der Waals surface area contributed by atoms with Gasteiger partial charge >= 0.3 is 17.6 Å². The molecule has 0 aromatic heterocycles. The van der Waals surface area contributed by atoms with Crippen molar-refractivity contribution >= 4 is 41.4 Å². The molecule has 5 aromatic rings. The maximum Gasteiger partial charge on any atom is 0.353 e. The van der Waals surface area contributed by atoms with Gasteiger partial charge < -0.3 is 29.2 Å². The molecule has 0 heterocycles. The first-order valence-corrected chi connectivity index (χ1v) is 21.6. The number of nitrogens with zero attached hydrogens (tertiary/aromatic N) is 3. The Morgan fingerprint density at radius 1 is 0.571 bits per heavy atom. The Morgan fingerprint density at radius 2 is 0.968 bits per heavy atom. The Bertz CT molecular complexity index is 2170. The molecule has 0 spiro atoms. The topological polar surface area (TPSA) is 179 Å². The summed E-state index contributed by atoms with van der Waals surface area (Å²) in [5.41, 5.74) is 1.36. The van der Waals surface area contributed by atoms with Crippen LogP contribution in [0.5, 0.6) is 34.5 Å². The lowest BCUT2D eigenvalue weighted by molar-refractivity contribution is -0.386. The van der Waals surface area contributed by atoms with Crippen molar-refractivity contribution in [2.24, 2.45) is 9.98 Å². The summed E-state index contributed by atoms with van der Waals surface area (Å²) >= 11 is 0. The van der Waals surface area contributed by atoms with Gasteiger partial charge in [0.05, 0.1) is 40.6 Å². The van der Waals surface area contributed by atoms with Crippen molar-refractivity contribution in [2.75, 3.05) is 13.2 Å². The number of nitro benzene ring substituents is 1. The second-order valence-electron chi connectivity index (χ2n) is 14.9. The number of aliphatic imine (C=N–C) groups is 2. The van der Waals surface area contributed by atoms with Crippen LogP contribution in [0, 0.1) is 10.1 Å². The molecule has 63 heavy (non-hydrogen) atoms. The number of unbranched alkanes of at least 4 members (excludes halogenated alkanes) is 10. The number of phenols is 2. The van der Waals surface area contributed by atoms with Crippen molar-refractivity contribution in [3.63, 3.8) is 0 Å². The molecular formula is C50H55N3O10. The number of benzene rings is 5. The highest BCUT2D eigenvalue weighted by atomic mass is 16.6. The summed E-state index contributed by atoms with van der Waals surface area (Å²) in [6.45, 7) is 5.53. The highest BCUT2D eigenvalue weighted by Gasteiger charge is 2.27. The highest BCUT2D eigenvalue weighted by molar-refractivity contribution is 5.94. The van der Waals surface area contributed by atoms with Gasteiger partial charge in [-0.2, -0.15) is 0 Å². The van der Waals surface area contributed by atoms with Crippen molar-refractivity contribution in [3.05, 3.63) is 135 Å². The molecule has 0 unspecified atom stereocenters. The summed E-state index contributed by atoms with van der Waals surface area (Å²) in [5, 5.41) is 33.2. The van der Waals surface area contributed by atoms with Crippen molar-refractivity contribution < 1.29 is 43.7 Å². The molecule has 13 nitrogen and oxygen atoms in total. The number of esters is 2. The molecule has 330 valence electrons. The van der Waals surface area contributed by atoms with Gasteiger partial charge in [-0.15, -0.1) is 0 Å². The molecule has 0 atom stereocenters. The molecular weight excluding hydrogens is 803 g/mol. The summed E-state index contributed by atoms with van der Waals surface area (Å²) < 4.78 is 22.4. The minimum atomic E-state index is -0.886. The molecule has 0 aliphatic heterocycles. The second kappa shape index (κ2) is 25.0. The lowest BCUT2D eigenvalue weighted by Gasteiger charge is -2.09. The van der Waals surface area contributed by atoms with Crippen molar-refractivity contribution in [1.82, 2.24) is 0 Å². The first-order chi connectivity index (χ1) is 30.6. The SMILES string of the molecule is CCCCCCCCOc1ccc(C=Nc2ccc(C(=O)Oc3cccc(OC(=O)c4ccc(N=Cc5ccc(OCCCCCCCC)cc5O)cc4)c3[N+](=O)[O-])cc2)c(O)c1. The van der Waals surface area contributed by atoms with E-state index in [0.29, 0.717) is 47.2 Å². The van der Waals surface area contributed by atoms with Crippen LogP contribution in [0.2, 0.25) is 0 Å². The van der Waals surface area contributed by atoms with Crippen molar-refractivity contribution in [2.45, 2.75) is 90.9 Å². The van der Waals surface area contributed by atoms with Crippen LogP contribution in [0.3, 0.4) is 0 Å². The number of ether oxygens (including phenoxy) is 4. The van der Waals surface area contributed by atoms with Crippen LogP contribution in [0.1, 0.15) is 123 Å². The normalized spacial score (nSPS) is 11.2. The van der Waals surface area contributed by atoms with E-state index in [1.807, 2.05) is 0 Å². The highest BCUT2D eigenvalue weighted by Crippen LogP contribution is 2.38. The van der Waals surface area contributed by atoms with E-state index in [2.05, 4.69) is 23.8 Å². The Morgan fingerprint density at radius 3 is 1.35 bits per heavy atom. The molecule has 13 heteroatoms. The first kappa shape index (κ1) is 47.0. The summed E-state index contributed by atoms with van der Waals surface area (Å²) in [6.07, 6.45) is 16.8. The van der Waals surface area contributed by atoms with E-state index >= 15 is 0 Å². The number of carbonyl (C=O) groups excluding carboxylic acids is 2. The maximum atomic E-state index is 13.1. The summed E-state index contributed by atoms with van der Waals surface area (Å²) in [7, 11) is 0. The van der Waals surface area contributed by atoms with Gasteiger partial charge in [0.2, 0.25) is 11.5 Å². The van der Waals surface area contributed by atoms with Gasteiger partial charge in [-0.25, -0.2) is 9.59 Å². The smallest absolute Gasteiger partial charge is 0.353 e. The average Bonchev–Trinajstić information content (AvgIpc) is 3.28. The Balaban J connectivity index is 1.13. The quantitative estimate of drug-likeness (QED) is 0.0143. The van der Waals surface area contributed by atoms with Gasteiger partial charge in [-0.3, -0.25) is 20.1 Å². The lowest BCUT2D eigenvalue weighted by atomic mass is 10.1. The van der Waals surface area contributed by atoms with E-state index in [1.54, 1.807) is 60.7 Å². The lowest BCUT2D eigenvalue weighted by Crippen LogP contribution is -2.12. The fourth-order valence-electron chi connectivity index (χ4n) is 6.41. The van der Waals surface area contributed by atoms with Crippen LogP contribution in [0.25, 0.3) is 0 Å². The molecule has 0 fully saturated rings. The van der Waals surface area contributed by atoms with Crippen molar-refractivity contribution in [3.8, 4) is 34.5 Å². The van der Waals surface area contributed by atoms with E-state index in [1.165, 1.54) is 106 Å². The standard InChI is InChI=1S/C50H55N3O10/c1-3-5-7-9-11-13-30-60-42-28-22-38(44(54)32-42)34-51-40-24-18-36(19-25-40)49(56)62-46-16-15-17-47(48(46)53(58)59)63-50(57)37-20-26-41(27-21-37)52-35-39-23-29-43(33-45(39)55)61-31-14-12-10-8-6-4-2/h15-29,32-35,54-55H,3-14,30-31H2,1-2H3. The van der Waals surface area contributed by atoms with E-state index in [0.717, 1.165) is 25.7 Å². The van der Waals surface area contributed by atoms with Crippen LogP contribution < -0.4 is 18.9 Å². The minimum Gasteiger partial charge on any atom is -0.507 e. The Labute approximate surface area is 368 Å². The number of nitro groups is 1. The number of hydrogen-bond acceptors (Lipinski definition) is 12. The number of phenolic OH excluding ortho intramolecular Hbond substituents is 2. The molecule has 5 aromatic carbocycles. The van der Waals surface area contributed by atoms with Gasteiger partial charge in [-0.1, -0.05) is 84.1 Å². The van der Waals surface area contributed by atoms with E-state index in [9.17, 15) is 29.9 Å². The molecule has 0 bridgehead atoms. The molecule has 0 aliphatic rings.